The summed E-state index contributed by atoms with van der Waals surface area (Å²) in [6.07, 6.45) is 0. The first-order chi connectivity index (χ1) is 9.02. The SMILES string of the molecule is CC(C)c1nn(-c2ccc(Br)cc2)c(=O)cc1CN. The summed E-state index contributed by atoms with van der Waals surface area (Å²) in [4.78, 5) is 12.1. The maximum atomic E-state index is 12.1. The summed E-state index contributed by atoms with van der Waals surface area (Å²) < 4.78 is 2.38. The van der Waals surface area contributed by atoms with Gasteiger partial charge in [-0.15, -0.1) is 0 Å². The number of benzene rings is 1. The molecule has 1 aromatic carbocycles. The molecule has 0 saturated heterocycles. The topological polar surface area (TPSA) is 60.9 Å². The van der Waals surface area contributed by atoms with E-state index in [0.29, 0.717) is 6.54 Å². The highest BCUT2D eigenvalue weighted by Crippen LogP contribution is 2.17. The highest BCUT2D eigenvalue weighted by atomic mass is 79.9. The lowest BCUT2D eigenvalue weighted by Crippen LogP contribution is -2.24. The second-order valence-electron chi connectivity index (χ2n) is 4.64. The number of aromatic nitrogens is 2. The van der Waals surface area contributed by atoms with E-state index in [1.807, 2.05) is 38.1 Å². The molecule has 4 nitrogen and oxygen atoms in total. The van der Waals surface area contributed by atoms with Gasteiger partial charge in [-0.25, -0.2) is 0 Å². The van der Waals surface area contributed by atoms with Gasteiger partial charge in [0.2, 0.25) is 0 Å². The van der Waals surface area contributed by atoms with Crippen LogP contribution in [0.2, 0.25) is 0 Å². The lowest BCUT2D eigenvalue weighted by Gasteiger charge is -2.13. The Balaban J connectivity index is 2.61. The molecular weight excluding hydrogens is 306 g/mol. The third-order valence-electron chi connectivity index (χ3n) is 2.88. The van der Waals surface area contributed by atoms with Gasteiger partial charge in [-0.3, -0.25) is 4.79 Å². The van der Waals surface area contributed by atoms with E-state index in [2.05, 4.69) is 21.0 Å². The minimum Gasteiger partial charge on any atom is -0.326 e. The van der Waals surface area contributed by atoms with Crippen LogP contribution in [0.5, 0.6) is 0 Å². The third-order valence-corrected chi connectivity index (χ3v) is 3.41. The van der Waals surface area contributed by atoms with Crippen molar-refractivity contribution in [2.75, 3.05) is 0 Å². The monoisotopic (exact) mass is 321 g/mol. The fourth-order valence-electron chi connectivity index (χ4n) is 1.92. The normalized spacial score (nSPS) is 11.0. The van der Waals surface area contributed by atoms with E-state index in [0.717, 1.165) is 21.4 Å². The summed E-state index contributed by atoms with van der Waals surface area (Å²) in [6.45, 7) is 4.41. The van der Waals surface area contributed by atoms with E-state index < -0.39 is 0 Å². The molecule has 1 heterocycles. The minimum absolute atomic E-state index is 0.160. The Labute approximate surface area is 120 Å². The molecule has 5 heteroatoms. The minimum atomic E-state index is -0.160. The van der Waals surface area contributed by atoms with E-state index in [4.69, 9.17) is 5.73 Å². The molecule has 2 N–H and O–H groups in total. The summed E-state index contributed by atoms with van der Waals surface area (Å²) in [7, 11) is 0. The van der Waals surface area contributed by atoms with Crippen LogP contribution < -0.4 is 11.3 Å². The number of nitrogens with zero attached hydrogens (tertiary/aromatic N) is 2. The standard InChI is InChI=1S/C14H16BrN3O/c1-9(2)14-10(8-16)7-13(19)18(17-14)12-5-3-11(15)4-6-12/h3-7,9H,8,16H2,1-2H3. The molecule has 0 unspecified atom stereocenters. The number of hydrogen-bond acceptors (Lipinski definition) is 3. The van der Waals surface area contributed by atoms with E-state index in [-0.39, 0.29) is 11.5 Å². The Bertz CT molecular complexity index is 632. The van der Waals surface area contributed by atoms with Gasteiger partial charge in [0, 0.05) is 17.1 Å². The van der Waals surface area contributed by atoms with Crippen LogP contribution in [0.4, 0.5) is 0 Å². The quantitative estimate of drug-likeness (QED) is 0.945. The van der Waals surface area contributed by atoms with Gasteiger partial charge in [-0.2, -0.15) is 9.78 Å². The molecule has 2 rings (SSSR count). The van der Waals surface area contributed by atoms with Crippen molar-refractivity contribution in [1.82, 2.24) is 9.78 Å². The first-order valence-corrected chi connectivity index (χ1v) is 6.91. The van der Waals surface area contributed by atoms with Gasteiger partial charge in [0.25, 0.3) is 5.56 Å². The molecule has 19 heavy (non-hydrogen) atoms. The first kappa shape index (κ1) is 14.0. The fourth-order valence-corrected chi connectivity index (χ4v) is 2.19. The van der Waals surface area contributed by atoms with Gasteiger partial charge in [-0.05, 0) is 35.7 Å². The van der Waals surface area contributed by atoms with E-state index in [9.17, 15) is 4.79 Å². The summed E-state index contributed by atoms with van der Waals surface area (Å²) >= 11 is 3.37. The van der Waals surface area contributed by atoms with Gasteiger partial charge in [0.1, 0.15) is 0 Å². The Morgan fingerprint density at radius 3 is 2.47 bits per heavy atom. The van der Waals surface area contributed by atoms with Crippen molar-refractivity contribution in [3.05, 3.63) is 56.4 Å². The van der Waals surface area contributed by atoms with Crippen molar-refractivity contribution in [1.29, 1.82) is 0 Å². The number of hydrogen-bond donors (Lipinski definition) is 1. The van der Waals surface area contributed by atoms with Crippen LogP contribution in [0, 0.1) is 0 Å². The molecule has 0 aliphatic carbocycles. The largest absolute Gasteiger partial charge is 0.326 e. The van der Waals surface area contributed by atoms with Crippen molar-refractivity contribution in [3.8, 4) is 5.69 Å². The van der Waals surface area contributed by atoms with Crippen LogP contribution in [0.25, 0.3) is 5.69 Å². The van der Waals surface area contributed by atoms with Crippen LogP contribution in [0.3, 0.4) is 0 Å². The molecule has 0 saturated carbocycles. The summed E-state index contributed by atoms with van der Waals surface area (Å²) in [5.41, 5.74) is 7.94. The molecule has 2 aromatic rings. The van der Waals surface area contributed by atoms with Crippen molar-refractivity contribution in [2.24, 2.45) is 5.73 Å². The average molecular weight is 322 g/mol. The van der Waals surface area contributed by atoms with E-state index >= 15 is 0 Å². The fraction of sp³-hybridized carbons (Fsp3) is 0.286. The highest BCUT2D eigenvalue weighted by Gasteiger charge is 2.12. The van der Waals surface area contributed by atoms with Crippen molar-refractivity contribution in [2.45, 2.75) is 26.3 Å². The van der Waals surface area contributed by atoms with Gasteiger partial charge >= 0.3 is 0 Å². The van der Waals surface area contributed by atoms with Gasteiger partial charge in [-0.1, -0.05) is 29.8 Å². The zero-order valence-corrected chi connectivity index (χ0v) is 12.5. The number of halogens is 1. The van der Waals surface area contributed by atoms with Crippen LogP contribution in [-0.2, 0) is 6.54 Å². The maximum absolute atomic E-state index is 12.1. The van der Waals surface area contributed by atoms with Crippen LogP contribution in [-0.4, -0.2) is 9.78 Å². The summed E-state index contributed by atoms with van der Waals surface area (Å²) in [6, 6.07) is 9.05. The Hall–Kier alpha value is -1.46. The van der Waals surface area contributed by atoms with Crippen molar-refractivity contribution >= 4 is 15.9 Å². The number of nitrogens with two attached hydrogens (primary N) is 1. The molecular formula is C14H16BrN3O. The lowest BCUT2D eigenvalue weighted by atomic mass is 10.0. The van der Waals surface area contributed by atoms with Crippen LogP contribution in [0.15, 0.2) is 39.6 Å². The predicted molar refractivity (Wildman–Crippen MR) is 79.5 cm³/mol. The molecule has 0 aliphatic rings. The van der Waals surface area contributed by atoms with Gasteiger partial charge in [0.05, 0.1) is 11.4 Å². The van der Waals surface area contributed by atoms with Crippen LogP contribution in [0.1, 0.15) is 31.0 Å². The number of rotatable bonds is 3. The zero-order valence-electron chi connectivity index (χ0n) is 10.9. The molecule has 0 amide bonds. The lowest BCUT2D eigenvalue weighted by molar-refractivity contribution is 0.694. The molecule has 1 aromatic heterocycles. The van der Waals surface area contributed by atoms with Crippen molar-refractivity contribution in [3.63, 3.8) is 0 Å². The Morgan fingerprint density at radius 2 is 1.95 bits per heavy atom. The summed E-state index contributed by atoms with van der Waals surface area (Å²) in [5, 5.41) is 4.45. The van der Waals surface area contributed by atoms with Gasteiger partial charge < -0.3 is 5.73 Å². The smallest absolute Gasteiger partial charge is 0.271 e. The van der Waals surface area contributed by atoms with Crippen LogP contribution >= 0.6 is 15.9 Å². The predicted octanol–water partition coefficient (Wildman–Crippen LogP) is 2.58. The Kier molecular flexibility index (Phi) is 4.17. The van der Waals surface area contributed by atoms with Gasteiger partial charge in [0.15, 0.2) is 0 Å². The highest BCUT2D eigenvalue weighted by molar-refractivity contribution is 9.10. The third kappa shape index (κ3) is 2.93. The zero-order chi connectivity index (χ0) is 14.0. The molecule has 0 fully saturated rings. The average Bonchev–Trinajstić information content (AvgIpc) is 2.39. The molecule has 100 valence electrons. The van der Waals surface area contributed by atoms with Crippen molar-refractivity contribution < 1.29 is 0 Å². The molecule has 0 radical (unpaired) electrons. The van der Waals surface area contributed by atoms with E-state index in [1.165, 1.54) is 4.68 Å². The molecule has 0 atom stereocenters. The van der Waals surface area contributed by atoms with E-state index in [1.54, 1.807) is 6.07 Å². The Morgan fingerprint density at radius 1 is 1.32 bits per heavy atom. The maximum Gasteiger partial charge on any atom is 0.271 e. The summed E-state index contributed by atoms with van der Waals surface area (Å²) in [5.74, 6) is 0.223. The second kappa shape index (κ2) is 5.67. The molecule has 0 aliphatic heterocycles. The second-order valence-corrected chi connectivity index (χ2v) is 5.56. The first-order valence-electron chi connectivity index (χ1n) is 6.12. The molecule has 0 bridgehead atoms. The molecule has 0 spiro atoms.